The van der Waals surface area contributed by atoms with E-state index in [-0.39, 0.29) is 36.6 Å². The summed E-state index contributed by atoms with van der Waals surface area (Å²) >= 11 is 0. The van der Waals surface area contributed by atoms with Crippen LogP contribution in [0.4, 0.5) is 4.79 Å². The van der Waals surface area contributed by atoms with Gasteiger partial charge in [0.25, 0.3) is 0 Å². The number of carboxylic acid groups (broad SMARTS) is 1. The first-order valence-corrected chi connectivity index (χ1v) is 8.71. The van der Waals surface area contributed by atoms with Crippen LogP contribution in [-0.4, -0.2) is 73.3 Å². The lowest BCUT2D eigenvalue weighted by Crippen LogP contribution is -2.57. The highest BCUT2D eigenvalue weighted by Gasteiger charge is 2.37. The fraction of sp³-hybridized carbons (Fsp3) is 0.833. The zero-order valence-corrected chi connectivity index (χ0v) is 12.6. The first-order chi connectivity index (χ1) is 9.78. The molecule has 0 spiro atoms. The molecule has 3 unspecified atom stereocenters. The fourth-order valence-corrected chi connectivity index (χ4v) is 4.21. The Morgan fingerprint density at radius 1 is 1.43 bits per heavy atom. The van der Waals surface area contributed by atoms with Crippen molar-refractivity contribution in [2.24, 2.45) is 0 Å². The maximum Gasteiger partial charge on any atom is 0.318 e. The van der Waals surface area contributed by atoms with E-state index in [1.807, 2.05) is 6.92 Å². The smallest absolute Gasteiger partial charge is 0.318 e. The van der Waals surface area contributed by atoms with Gasteiger partial charge in [-0.1, -0.05) is 0 Å². The minimum absolute atomic E-state index is 0.0219. The highest BCUT2D eigenvalue weighted by Crippen LogP contribution is 2.17. The fourth-order valence-electron chi connectivity index (χ4n) is 2.69. The summed E-state index contributed by atoms with van der Waals surface area (Å²) in [5, 5.41) is 11.7. The molecule has 0 aliphatic carbocycles. The molecule has 2 heterocycles. The molecule has 3 atom stereocenters. The number of hydrogen-bond donors (Lipinski definition) is 2. The Bertz CT molecular complexity index is 520. The highest BCUT2D eigenvalue weighted by atomic mass is 32.2. The summed E-state index contributed by atoms with van der Waals surface area (Å²) in [6.07, 6.45) is 0.229. The molecule has 120 valence electrons. The Morgan fingerprint density at radius 2 is 2.14 bits per heavy atom. The average Bonchev–Trinajstić information content (AvgIpc) is 2.73. The quantitative estimate of drug-likeness (QED) is 0.721. The Labute approximate surface area is 123 Å². The number of hydrogen-bond acceptors (Lipinski definition) is 5. The van der Waals surface area contributed by atoms with Crippen LogP contribution in [0.25, 0.3) is 0 Å². The zero-order chi connectivity index (χ0) is 15.6. The van der Waals surface area contributed by atoms with Crippen molar-refractivity contribution in [1.82, 2.24) is 10.2 Å². The van der Waals surface area contributed by atoms with Gasteiger partial charge in [-0.2, -0.15) is 0 Å². The molecule has 0 aromatic carbocycles. The molecule has 2 rings (SSSR count). The van der Waals surface area contributed by atoms with Gasteiger partial charge in [0.15, 0.2) is 9.84 Å². The Morgan fingerprint density at radius 3 is 2.71 bits per heavy atom. The molecule has 0 saturated carbocycles. The lowest BCUT2D eigenvalue weighted by atomic mass is 10.1. The van der Waals surface area contributed by atoms with Gasteiger partial charge in [-0.15, -0.1) is 0 Å². The molecule has 0 aromatic heterocycles. The van der Waals surface area contributed by atoms with Crippen molar-refractivity contribution in [3.63, 3.8) is 0 Å². The van der Waals surface area contributed by atoms with Crippen molar-refractivity contribution >= 4 is 21.8 Å². The van der Waals surface area contributed by atoms with E-state index in [4.69, 9.17) is 9.84 Å². The maximum absolute atomic E-state index is 12.3. The molecule has 2 aliphatic rings. The van der Waals surface area contributed by atoms with Crippen molar-refractivity contribution in [2.45, 2.75) is 38.0 Å². The van der Waals surface area contributed by atoms with Crippen LogP contribution in [0.15, 0.2) is 0 Å². The van der Waals surface area contributed by atoms with Gasteiger partial charge in [-0.25, -0.2) is 13.2 Å². The number of carbonyl (C=O) groups excluding carboxylic acids is 1. The van der Waals surface area contributed by atoms with E-state index in [1.54, 1.807) is 0 Å². The van der Waals surface area contributed by atoms with Gasteiger partial charge in [-0.05, 0) is 13.3 Å². The molecule has 0 bridgehead atoms. The van der Waals surface area contributed by atoms with Gasteiger partial charge in [-0.3, -0.25) is 4.79 Å². The van der Waals surface area contributed by atoms with Crippen LogP contribution in [0.1, 0.15) is 19.8 Å². The molecule has 0 radical (unpaired) electrons. The van der Waals surface area contributed by atoms with E-state index in [1.165, 1.54) is 4.90 Å². The van der Waals surface area contributed by atoms with Crippen LogP contribution in [0.3, 0.4) is 0 Å². The second kappa shape index (κ2) is 6.18. The van der Waals surface area contributed by atoms with Gasteiger partial charge in [0.05, 0.1) is 36.1 Å². The number of ether oxygens (including phenoxy) is 1. The molecule has 0 aromatic rings. The molecule has 9 heteroatoms. The van der Waals surface area contributed by atoms with E-state index >= 15 is 0 Å². The second-order valence-corrected chi connectivity index (χ2v) is 7.71. The highest BCUT2D eigenvalue weighted by molar-refractivity contribution is 7.91. The number of aliphatic carboxylic acids is 1. The van der Waals surface area contributed by atoms with Crippen molar-refractivity contribution in [1.29, 1.82) is 0 Å². The number of carboxylic acids is 1. The third kappa shape index (κ3) is 4.07. The Kier molecular flexibility index (Phi) is 4.72. The van der Waals surface area contributed by atoms with Crippen LogP contribution in [-0.2, 0) is 19.4 Å². The number of rotatable bonds is 3. The maximum atomic E-state index is 12.3. The minimum atomic E-state index is -3.29. The minimum Gasteiger partial charge on any atom is -0.481 e. The normalized spacial score (nSPS) is 31.9. The van der Waals surface area contributed by atoms with Crippen LogP contribution in [0.2, 0.25) is 0 Å². The number of sulfone groups is 1. The van der Waals surface area contributed by atoms with Crippen LogP contribution >= 0.6 is 0 Å². The number of urea groups is 1. The molecule has 2 aliphatic heterocycles. The van der Waals surface area contributed by atoms with Crippen LogP contribution < -0.4 is 5.32 Å². The first kappa shape index (κ1) is 16.0. The van der Waals surface area contributed by atoms with Gasteiger partial charge < -0.3 is 20.1 Å². The first-order valence-electron chi connectivity index (χ1n) is 6.89. The summed E-state index contributed by atoms with van der Waals surface area (Å²) in [4.78, 5) is 24.5. The van der Waals surface area contributed by atoms with Gasteiger partial charge in [0.1, 0.15) is 0 Å². The molecular formula is C12H20N2O6S. The van der Waals surface area contributed by atoms with Crippen molar-refractivity contribution < 1.29 is 27.9 Å². The summed E-state index contributed by atoms with van der Waals surface area (Å²) in [7, 11) is -3.29. The van der Waals surface area contributed by atoms with Crippen LogP contribution in [0, 0.1) is 0 Å². The van der Waals surface area contributed by atoms with Crippen LogP contribution in [0.5, 0.6) is 0 Å². The van der Waals surface area contributed by atoms with E-state index < -0.39 is 27.9 Å². The summed E-state index contributed by atoms with van der Waals surface area (Å²) < 4.78 is 28.6. The summed E-state index contributed by atoms with van der Waals surface area (Å²) in [5.41, 5.74) is 0. The SMILES string of the molecule is CC1OCCC1NC(=O)N1CCS(=O)(=O)CC1CC(=O)O. The second-order valence-electron chi connectivity index (χ2n) is 5.48. The third-order valence-electron chi connectivity index (χ3n) is 3.89. The summed E-state index contributed by atoms with van der Waals surface area (Å²) in [6.45, 7) is 2.44. The van der Waals surface area contributed by atoms with E-state index in [9.17, 15) is 18.0 Å². The van der Waals surface area contributed by atoms with Gasteiger partial charge in [0, 0.05) is 13.2 Å². The predicted molar refractivity (Wildman–Crippen MR) is 73.8 cm³/mol. The lowest BCUT2D eigenvalue weighted by molar-refractivity contribution is -0.138. The number of nitrogens with one attached hydrogen (secondary N) is 1. The summed E-state index contributed by atoms with van der Waals surface area (Å²) in [6, 6.07) is -1.36. The summed E-state index contributed by atoms with van der Waals surface area (Å²) in [5.74, 6) is -1.55. The van der Waals surface area contributed by atoms with Crippen molar-refractivity contribution in [3.8, 4) is 0 Å². The van der Waals surface area contributed by atoms with Gasteiger partial charge >= 0.3 is 12.0 Å². The molecule has 2 saturated heterocycles. The zero-order valence-electron chi connectivity index (χ0n) is 11.8. The lowest BCUT2D eigenvalue weighted by Gasteiger charge is -2.35. The number of amides is 2. The Hall–Kier alpha value is -1.35. The van der Waals surface area contributed by atoms with E-state index in [0.717, 1.165) is 0 Å². The molecule has 2 amide bonds. The van der Waals surface area contributed by atoms with E-state index in [0.29, 0.717) is 13.0 Å². The largest absolute Gasteiger partial charge is 0.481 e. The number of carbonyl (C=O) groups is 2. The molecule has 21 heavy (non-hydrogen) atoms. The molecule has 2 N–H and O–H groups in total. The predicted octanol–water partition coefficient (Wildman–Crippen LogP) is -0.553. The molecule has 2 fully saturated rings. The monoisotopic (exact) mass is 320 g/mol. The third-order valence-corrected chi connectivity index (χ3v) is 5.58. The van der Waals surface area contributed by atoms with Crippen molar-refractivity contribution in [2.75, 3.05) is 24.7 Å². The van der Waals surface area contributed by atoms with E-state index in [2.05, 4.69) is 5.32 Å². The average molecular weight is 320 g/mol. The topological polar surface area (TPSA) is 113 Å². The Balaban J connectivity index is 2.04. The standard InChI is InChI=1S/C12H20N2O6S/c1-8-10(2-4-20-8)13-12(17)14-3-5-21(18,19)7-9(14)6-11(15)16/h8-10H,2-7H2,1H3,(H,13,17)(H,15,16). The van der Waals surface area contributed by atoms with Gasteiger partial charge in [0.2, 0.25) is 0 Å². The number of nitrogens with zero attached hydrogens (tertiary/aromatic N) is 1. The molecule has 8 nitrogen and oxygen atoms in total. The van der Waals surface area contributed by atoms with Crippen molar-refractivity contribution in [3.05, 3.63) is 0 Å². The molecular weight excluding hydrogens is 300 g/mol.